The number of benzene rings is 2. The van der Waals surface area contributed by atoms with Crippen LogP contribution in [0.3, 0.4) is 0 Å². The lowest BCUT2D eigenvalue weighted by Gasteiger charge is -2.19. The number of rotatable bonds is 6. The second kappa shape index (κ2) is 7.25. The minimum atomic E-state index is -0.452. The molecular formula is C20H16ClFN2OS. The highest BCUT2D eigenvalue weighted by molar-refractivity contribution is 7.08. The lowest BCUT2D eigenvalue weighted by atomic mass is 9.86. The smallest absolute Gasteiger partial charge is 0.177 e. The summed E-state index contributed by atoms with van der Waals surface area (Å²) < 4.78 is 18.5. The first-order chi connectivity index (χ1) is 12.6. The van der Waals surface area contributed by atoms with Crippen LogP contribution in [0.5, 0.6) is 0 Å². The summed E-state index contributed by atoms with van der Waals surface area (Å²) in [4.78, 5) is 13.6. The van der Waals surface area contributed by atoms with Crippen molar-refractivity contribution in [1.82, 2.24) is 9.59 Å². The standard InChI is InChI=1S/C20H16ClFN2OS/c21-15-7-4-8-16(22)18(15)14(12-5-2-1-3-6-12)11-17(25)20-19(13-9-10-13)23-24-26-20/h1-8,13-14H,9-11H2. The van der Waals surface area contributed by atoms with Crippen LogP contribution in [-0.2, 0) is 0 Å². The molecule has 4 rings (SSSR count). The van der Waals surface area contributed by atoms with E-state index < -0.39 is 11.7 Å². The molecule has 0 spiro atoms. The molecule has 0 radical (unpaired) electrons. The second-order valence-corrected chi connectivity index (χ2v) is 7.65. The van der Waals surface area contributed by atoms with Gasteiger partial charge in [-0.25, -0.2) is 4.39 Å². The molecule has 1 aliphatic rings. The molecule has 6 heteroatoms. The molecule has 3 nitrogen and oxygen atoms in total. The molecule has 1 aliphatic carbocycles. The quantitative estimate of drug-likeness (QED) is 0.517. The van der Waals surface area contributed by atoms with Crippen molar-refractivity contribution in [2.24, 2.45) is 0 Å². The van der Waals surface area contributed by atoms with Crippen LogP contribution >= 0.6 is 23.1 Å². The maximum absolute atomic E-state index is 14.6. The number of carbonyl (C=O) groups is 1. The summed E-state index contributed by atoms with van der Waals surface area (Å²) in [6, 6.07) is 14.1. The number of aromatic nitrogens is 2. The number of hydrogen-bond donors (Lipinski definition) is 0. The average Bonchev–Trinajstić information content (AvgIpc) is 3.37. The van der Waals surface area contributed by atoms with E-state index in [0.29, 0.717) is 21.4 Å². The average molecular weight is 387 g/mol. The zero-order valence-corrected chi connectivity index (χ0v) is 15.4. The molecule has 132 valence electrons. The van der Waals surface area contributed by atoms with Crippen molar-refractivity contribution in [3.63, 3.8) is 0 Å². The molecule has 2 aromatic carbocycles. The zero-order valence-electron chi connectivity index (χ0n) is 13.9. The molecule has 1 saturated carbocycles. The minimum absolute atomic E-state index is 0.0601. The molecule has 1 atom stereocenters. The van der Waals surface area contributed by atoms with E-state index in [1.807, 2.05) is 30.3 Å². The minimum Gasteiger partial charge on any atom is -0.293 e. The van der Waals surface area contributed by atoms with E-state index in [0.717, 1.165) is 35.6 Å². The fourth-order valence-electron chi connectivity index (χ4n) is 3.21. The van der Waals surface area contributed by atoms with Gasteiger partial charge in [-0.2, -0.15) is 0 Å². The number of carbonyl (C=O) groups excluding carboxylic acids is 1. The van der Waals surface area contributed by atoms with Gasteiger partial charge in [-0.15, -0.1) is 5.10 Å². The van der Waals surface area contributed by atoms with Gasteiger partial charge in [0.1, 0.15) is 10.7 Å². The van der Waals surface area contributed by atoms with Crippen molar-refractivity contribution >= 4 is 28.9 Å². The molecule has 26 heavy (non-hydrogen) atoms. The van der Waals surface area contributed by atoms with Crippen LogP contribution in [-0.4, -0.2) is 15.4 Å². The van der Waals surface area contributed by atoms with Gasteiger partial charge in [-0.3, -0.25) is 4.79 Å². The topological polar surface area (TPSA) is 42.9 Å². The highest BCUT2D eigenvalue weighted by Gasteiger charge is 2.33. The van der Waals surface area contributed by atoms with Crippen LogP contribution in [0.15, 0.2) is 48.5 Å². The van der Waals surface area contributed by atoms with Crippen molar-refractivity contribution in [3.8, 4) is 0 Å². The van der Waals surface area contributed by atoms with Crippen molar-refractivity contribution in [2.75, 3.05) is 0 Å². The Kier molecular flexibility index (Phi) is 4.83. The highest BCUT2D eigenvalue weighted by atomic mass is 35.5. The third-order valence-corrected chi connectivity index (χ3v) is 5.78. The molecule has 0 saturated heterocycles. The van der Waals surface area contributed by atoms with E-state index in [4.69, 9.17) is 11.6 Å². The molecule has 1 aromatic heterocycles. The Morgan fingerprint density at radius 1 is 1.19 bits per heavy atom. The summed E-state index contributed by atoms with van der Waals surface area (Å²) in [5, 5.41) is 4.46. The summed E-state index contributed by atoms with van der Waals surface area (Å²) in [6.45, 7) is 0. The van der Waals surface area contributed by atoms with Gasteiger partial charge in [0.05, 0.1) is 5.69 Å². The molecule has 1 heterocycles. The van der Waals surface area contributed by atoms with Crippen LogP contribution in [0.25, 0.3) is 0 Å². The third-order valence-electron chi connectivity index (χ3n) is 4.67. The molecule has 0 N–H and O–H groups in total. The first-order valence-electron chi connectivity index (χ1n) is 8.49. The van der Waals surface area contributed by atoms with Gasteiger partial charge in [-0.1, -0.05) is 52.5 Å². The van der Waals surface area contributed by atoms with Crippen LogP contribution in [0.4, 0.5) is 4.39 Å². The first-order valence-corrected chi connectivity index (χ1v) is 9.64. The zero-order chi connectivity index (χ0) is 18.1. The normalized spacial score (nSPS) is 15.0. The predicted octanol–water partition coefficient (Wildman–Crippen LogP) is 5.61. The fourth-order valence-corrected chi connectivity index (χ4v) is 4.20. The Morgan fingerprint density at radius 2 is 1.96 bits per heavy atom. The first kappa shape index (κ1) is 17.3. The SMILES string of the molecule is O=C(CC(c1ccccc1)c1c(F)cccc1Cl)c1snnc1C1CC1. The fraction of sp³-hybridized carbons (Fsp3) is 0.250. The lowest BCUT2D eigenvalue weighted by Crippen LogP contribution is -2.11. The summed E-state index contributed by atoms with van der Waals surface area (Å²) >= 11 is 7.43. The van der Waals surface area contributed by atoms with Crippen molar-refractivity contribution < 1.29 is 9.18 Å². The number of hydrogen-bond acceptors (Lipinski definition) is 4. The Bertz CT molecular complexity index is 920. The maximum atomic E-state index is 14.6. The van der Waals surface area contributed by atoms with E-state index in [2.05, 4.69) is 9.59 Å². The third kappa shape index (κ3) is 3.41. The largest absolute Gasteiger partial charge is 0.293 e. The van der Waals surface area contributed by atoms with Crippen LogP contribution < -0.4 is 0 Å². The molecule has 0 amide bonds. The van der Waals surface area contributed by atoms with Crippen molar-refractivity contribution in [2.45, 2.75) is 31.1 Å². The van der Waals surface area contributed by atoms with Crippen molar-refractivity contribution in [1.29, 1.82) is 0 Å². The summed E-state index contributed by atoms with van der Waals surface area (Å²) in [7, 11) is 0. The van der Waals surface area contributed by atoms with E-state index >= 15 is 0 Å². The second-order valence-electron chi connectivity index (χ2n) is 6.49. The predicted molar refractivity (Wildman–Crippen MR) is 101 cm³/mol. The Morgan fingerprint density at radius 3 is 2.65 bits per heavy atom. The molecule has 0 aliphatic heterocycles. The van der Waals surface area contributed by atoms with Crippen molar-refractivity contribution in [3.05, 3.63) is 81.1 Å². The van der Waals surface area contributed by atoms with Gasteiger partial charge >= 0.3 is 0 Å². The Labute approximate surface area is 160 Å². The van der Waals surface area contributed by atoms with Crippen LogP contribution in [0, 0.1) is 5.82 Å². The van der Waals surface area contributed by atoms with E-state index in [1.54, 1.807) is 12.1 Å². The van der Waals surface area contributed by atoms with Gasteiger partial charge < -0.3 is 0 Å². The number of halogens is 2. The van der Waals surface area contributed by atoms with E-state index in [1.165, 1.54) is 6.07 Å². The molecule has 3 aromatic rings. The van der Waals surface area contributed by atoms with Gasteiger partial charge in [0, 0.05) is 28.8 Å². The van der Waals surface area contributed by atoms with E-state index in [9.17, 15) is 9.18 Å². The summed E-state index contributed by atoms with van der Waals surface area (Å²) in [5.74, 6) is -0.564. The highest BCUT2D eigenvalue weighted by Crippen LogP contribution is 2.42. The van der Waals surface area contributed by atoms with Gasteiger partial charge in [0.2, 0.25) is 0 Å². The Balaban J connectivity index is 1.72. The Hall–Kier alpha value is -2.11. The number of Topliss-reactive ketones (excluding diaryl/α,β-unsaturated/α-hetero) is 1. The molecule has 1 unspecified atom stereocenters. The van der Waals surface area contributed by atoms with Gasteiger partial charge in [0.25, 0.3) is 0 Å². The molecule has 1 fully saturated rings. The summed E-state index contributed by atoms with van der Waals surface area (Å²) in [5.41, 5.74) is 2.02. The summed E-state index contributed by atoms with van der Waals surface area (Å²) in [6.07, 6.45) is 2.23. The number of ketones is 1. The monoisotopic (exact) mass is 386 g/mol. The molecule has 0 bridgehead atoms. The van der Waals surface area contributed by atoms with Crippen LogP contribution in [0.2, 0.25) is 5.02 Å². The lowest BCUT2D eigenvalue weighted by molar-refractivity contribution is 0.0980. The van der Waals surface area contributed by atoms with Gasteiger partial charge in [-0.05, 0) is 42.1 Å². The molecular weight excluding hydrogens is 371 g/mol. The number of nitrogens with zero attached hydrogens (tertiary/aromatic N) is 2. The van der Waals surface area contributed by atoms with Gasteiger partial charge in [0.15, 0.2) is 5.78 Å². The van der Waals surface area contributed by atoms with E-state index in [-0.39, 0.29) is 12.2 Å². The maximum Gasteiger partial charge on any atom is 0.177 e. The van der Waals surface area contributed by atoms with Crippen LogP contribution in [0.1, 0.15) is 57.6 Å².